The predicted molar refractivity (Wildman–Crippen MR) is 83.6 cm³/mol. The molecule has 0 aliphatic heterocycles. The van der Waals surface area contributed by atoms with Gasteiger partial charge in [0, 0.05) is 0 Å². The second kappa shape index (κ2) is 8.07. The van der Waals surface area contributed by atoms with E-state index in [0.717, 1.165) is 0 Å². The van der Waals surface area contributed by atoms with E-state index in [0.29, 0.717) is 0 Å². The van der Waals surface area contributed by atoms with Crippen LogP contribution in [0.25, 0.3) is 0 Å². The summed E-state index contributed by atoms with van der Waals surface area (Å²) < 4.78 is 31.5. The molecule has 0 radical (unpaired) electrons. The maximum absolute atomic E-state index is 12.2. The van der Waals surface area contributed by atoms with E-state index in [2.05, 4.69) is 4.72 Å². The summed E-state index contributed by atoms with van der Waals surface area (Å²) in [5, 5.41) is 9.12. The standard InChI is InChI=1S/C15H21NO6S/c1-4-22-15(19)11-5-7-12(8-6-11)23(20,21)16-13(14(17)18)9-10(2)3/h5-8,10,13,16H,4,9H2,1-3H3,(H,17,18)/t13-/m1/s1. The summed E-state index contributed by atoms with van der Waals surface area (Å²) in [6.07, 6.45) is 0.176. The number of carbonyl (C=O) groups excluding carboxylic acids is 1. The van der Waals surface area contributed by atoms with Crippen LogP contribution in [0.2, 0.25) is 0 Å². The van der Waals surface area contributed by atoms with E-state index in [1.807, 2.05) is 0 Å². The number of aliphatic carboxylic acids is 1. The summed E-state index contributed by atoms with van der Waals surface area (Å²) in [6.45, 7) is 5.49. The summed E-state index contributed by atoms with van der Waals surface area (Å²) in [4.78, 5) is 22.6. The molecule has 0 saturated carbocycles. The lowest BCUT2D eigenvalue weighted by molar-refractivity contribution is -0.139. The SMILES string of the molecule is CCOC(=O)c1ccc(S(=O)(=O)N[C@H](CC(C)C)C(=O)O)cc1. The van der Waals surface area contributed by atoms with Gasteiger partial charge >= 0.3 is 11.9 Å². The number of carbonyl (C=O) groups is 2. The third-order valence-electron chi connectivity index (χ3n) is 2.98. The summed E-state index contributed by atoms with van der Waals surface area (Å²) in [5.41, 5.74) is 0.225. The molecular weight excluding hydrogens is 322 g/mol. The Morgan fingerprint density at radius 1 is 1.22 bits per heavy atom. The zero-order chi connectivity index (χ0) is 17.6. The molecule has 8 heteroatoms. The molecule has 23 heavy (non-hydrogen) atoms. The highest BCUT2D eigenvalue weighted by atomic mass is 32.2. The first kappa shape index (κ1) is 19.1. The van der Waals surface area contributed by atoms with Crippen LogP contribution in [0.5, 0.6) is 0 Å². The number of sulfonamides is 1. The topological polar surface area (TPSA) is 110 Å². The lowest BCUT2D eigenvalue weighted by atomic mass is 10.1. The molecule has 1 aromatic carbocycles. The Bertz CT molecular complexity index is 651. The first-order valence-corrected chi connectivity index (χ1v) is 8.68. The summed E-state index contributed by atoms with van der Waals surface area (Å²) >= 11 is 0. The van der Waals surface area contributed by atoms with Crippen LogP contribution < -0.4 is 4.72 Å². The Morgan fingerprint density at radius 3 is 2.22 bits per heavy atom. The molecule has 0 bridgehead atoms. The molecule has 0 spiro atoms. The molecule has 1 aromatic rings. The van der Waals surface area contributed by atoms with Crippen molar-refractivity contribution in [3.05, 3.63) is 29.8 Å². The van der Waals surface area contributed by atoms with Crippen molar-refractivity contribution in [2.24, 2.45) is 5.92 Å². The van der Waals surface area contributed by atoms with Crippen molar-refractivity contribution in [1.82, 2.24) is 4.72 Å². The molecule has 0 saturated heterocycles. The maximum atomic E-state index is 12.2. The molecule has 0 fully saturated rings. The van der Waals surface area contributed by atoms with Crippen LogP contribution in [0.1, 0.15) is 37.6 Å². The van der Waals surface area contributed by atoms with Crippen LogP contribution in [0, 0.1) is 5.92 Å². The fourth-order valence-corrected chi connectivity index (χ4v) is 3.11. The van der Waals surface area contributed by atoms with Crippen LogP contribution in [-0.2, 0) is 19.6 Å². The first-order valence-electron chi connectivity index (χ1n) is 7.19. The van der Waals surface area contributed by atoms with Crippen LogP contribution in [-0.4, -0.2) is 38.1 Å². The number of ether oxygens (including phenoxy) is 1. The Kier molecular flexibility index (Phi) is 6.71. The van der Waals surface area contributed by atoms with Gasteiger partial charge in [0.2, 0.25) is 10.0 Å². The molecule has 0 aliphatic carbocycles. The van der Waals surface area contributed by atoms with Crippen molar-refractivity contribution in [2.45, 2.75) is 38.1 Å². The van der Waals surface area contributed by atoms with E-state index >= 15 is 0 Å². The molecular formula is C15H21NO6S. The van der Waals surface area contributed by atoms with E-state index in [1.165, 1.54) is 24.3 Å². The van der Waals surface area contributed by atoms with Crippen molar-refractivity contribution >= 4 is 22.0 Å². The van der Waals surface area contributed by atoms with Gasteiger partial charge in [0.1, 0.15) is 6.04 Å². The van der Waals surface area contributed by atoms with Crippen molar-refractivity contribution in [1.29, 1.82) is 0 Å². The number of esters is 1. The molecule has 0 aromatic heterocycles. The van der Waals surface area contributed by atoms with Gasteiger partial charge in [-0.25, -0.2) is 13.2 Å². The Morgan fingerprint density at radius 2 is 1.78 bits per heavy atom. The van der Waals surface area contributed by atoms with Crippen molar-refractivity contribution in [2.75, 3.05) is 6.61 Å². The van der Waals surface area contributed by atoms with Crippen LogP contribution >= 0.6 is 0 Å². The molecule has 1 rings (SSSR count). The van der Waals surface area contributed by atoms with Crippen LogP contribution in [0.3, 0.4) is 0 Å². The van der Waals surface area contributed by atoms with Gasteiger partial charge in [-0.3, -0.25) is 4.79 Å². The van der Waals surface area contributed by atoms with Gasteiger partial charge in [0.15, 0.2) is 0 Å². The highest BCUT2D eigenvalue weighted by Crippen LogP contribution is 2.14. The molecule has 1 atom stereocenters. The van der Waals surface area contributed by atoms with E-state index in [-0.39, 0.29) is 29.4 Å². The average molecular weight is 343 g/mol. The number of hydrogen-bond donors (Lipinski definition) is 2. The molecule has 2 N–H and O–H groups in total. The van der Waals surface area contributed by atoms with E-state index in [4.69, 9.17) is 9.84 Å². The minimum Gasteiger partial charge on any atom is -0.480 e. The van der Waals surface area contributed by atoms with E-state index in [9.17, 15) is 18.0 Å². The van der Waals surface area contributed by atoms with Gasteiger partial charge < -0.3 is 9.84 Å². The van der Waals surface area contributed by atoms with Gasteiger partial charge in [-0.05, 0) is 43.5 Å². The minimum absolute atomic E-state index is 0.0185. The zero-order valence-electron chi connectivity index (χ0n) is 13.3. The zero-order valence-corrected chi connectivity index (χ0v) is 14.1. The molecule has 0 aliphatic rings. The minimum atomic E-state index is -3.99. The van der Waals surface area contributed by atoms with Crippen molar-refractivity contribution < 1.29 is 27.9 Å². The van der Waals surface area contributed by atoms with Gasteiger partial charge in [-0.1, -0.05) is 13.8 Å². The number of benzene rings is 1. The molecule has 128 valence electrons. The van der Waals surface area contributed by atoms with Crippen LogP contribution in [0.4, 0.5) is 0 Å². The maximum Gasteiger partial charge on any atom is 0.338 e. The van der Waals surface area contributed by atoms with Gasteiger partial charge in [0.25, 0.3) is 0 Å². The van der Waals surface area contributed by atoms with Gasteiger partial charge in [-0.15, -0.1) is 0 Å². The summed E-state index contributed by atoms with van der Waals surface area (Å²) in [6, 6.07) is 3.92. The second-order valence-corrected chi connectivity index (χ2v) is 7.10. The predicted octanol–water partition coefficient (Wildman–Crippen LogP) is 1.64. The third kappa shape index (κ3) is 5.65. The smallest absolute Gasteiger partial charge is 0.338 e. The third-order valence-corrected chi connectivity index (χ3v) is 4.47. The fraction of sp³-hybridized carbons (Fsp3) is 0.467. The van der Waals surface area contributed by atoms with Gasteiger partial charge in [0.05, 0.1) is 17.1 Å². The first-order chi connectivity index (χ1) is 10.7. The largest absolute Gasteiger partial charge is 0.480 e. The summed E-state index contributed by atoms with van der Waals surface area (Å²) in [7, 11) is -3.99. The monoisotopic (exact) mass is 343 g/mol. The van der Waals surface area contributed by atoms with E-state index < -0.39 is 28.0 Å². The Labute approximate surface area is 135 Å². The van der Waals surface area contributed by atoms with Crippen LogP contribution in [0.15, 0.2) is 29.2 Å². The number of rotatable bonds is 8. The molecule has 0 heterocycles. The Hall–Kier alpha value is -1.93. The molecule has 7 nitrogen and oxygen atoms in total. The highest BCUT2D eigenvalue weighted by Gasteiger charge is 2.26. The number of carboxylic acids is 1. The van der Waals surface area contributed by atoms with E-state index in [1.54, 1.807) is 20.8 Å². The number of nitrogens with one attached hydrogen (secondary N) is 1. The lowest BCUT2D eigenvalue weighted by Crippen LogP contribution is -2.41. The normalized spacial score (nSPS) is 12.9. The average Bonchev–Trinajstić information content (AvgIpc) is 2.46. The molecule has 0 amide bonds. The lowest BCUT2D eigenvalue weighted by Gasteiger charge is -2.16. The van der Waals surface area contributed by atoms with Gasteiger partial charge in [-0.2, -0.15) is 4.72 Å². The highest BCUT2D eigenvalue weighted by molar-refractivity contribution is 7.89. The number of carboxylic acid groups (broad SMARTS) is 1. The fourth-order valence-electron chi connectivity index (χ4n) is 1.91. The Balaban J connectivity index is 2.95. The molecule has 0 unspecified atom stereocenters. The second-order valence-electron chi connectivity index (χ2n) is 5.39. The quantitative estimate of drug-likeness (QED) is 0.694. The van der Waals surface area contributed by atoms with Crippen molar-refractivity contribution in [3.63, 3.8) is 0 Å². The summed E-state index contributed by atoms with van der Waals surface area (Å²) in [5.74, 6) is -1.76. The number of hydrogen-bond acceptors (Lipinski definition) is 5. The van der Waals surface area contributed by atoms with Crippen molar-refractivity contribution in [3.8, 4) is 0 Å².